The van der Waals surface area contributed by atoms with E-state index in [2.05, 4.69) is 23.6 Å². The second-order valence-electron chi connectivity index (χ2n) is 6.88. The lowest BCUT2D eigenvalue weighted by Crippen LogP contribution is -2.45. The maximum Gasteiger partial charge on any atom is 0.222 e. The molecule has 1 amide bonds. The maximum absolute atomic E-state index is 11.8. The third kappa shape index (κ3) is 7.91. The van der Waals surface area contributed by atoms with Crippen molar-refractivity contribution in [2.24, 2.45) is 4.99 Å². The summed E-state index contributed by atoms with van der Waals surface area (Å²) in [6.45, 7) is 7.08. The number of nitrogens with one attached hydrogen (secondary N) is 2. The number of hydrogen-bond acceptors (Lipinski definition) is 4. The third-order valence-electron chi connectivity index (χ3n) is 4.87. The highest BCUT2D eigenvalue weighted by Crippen LogP contribution is 2.27. The minimum Gasteiger partial charge on any atom is -0.493 e. The summed E-state index contributed by atoms with van der Waals surface area (Å²) in [6.07, 6.45) is 3.39. The van der Waals surface area contributed by atoms with E-state index in [0.29, 0.717) is 6.42 Å². The molecule has 0 aliphatic carbocycles. The van der Waals surface area contributed by atoms with Gasteiger partial charge in [0.05, 0.1) is 14.2 Å². The van der Waals surface area contributed by atoms with Crippen LogP contribution in [0.2, 0.25) is 0 Å². The first kappa shape index (κ1) is 25.3. The van der Waals surface area contributed by atoms with E-state index in [1.165, 1.54) is 5.56 Å². The molecule has 8 heteroatoms. The summed E-state index contributed by atoms with van der Waals surface area (Å²) < 4.78 is 10.6. The van der Waals surface area contributed by atoms with E-state index in [9.17, 15) is 4.79 Å². The molecule has 1 fully saturated rings. The summed E-state index contributed by atoms with van der Waals surface area (Å²) in [4.78, 5) is 18.5. The Labute approximate surface area is 191 Å². The van der Waals surface area contributed by atoms with E-state index in [1.54, 1.807) is 14.2 Å². The van der Waals surface area contributed by atoms with Gasteiger partial charge in [0.1, 0.15) is 0 Å². The molecule has 0 spiro atoms. The predicted octanol–water partition coefficient (Wildman–Crippen LogP) is 2.82. The van der Waals surface area contributed by atoms with Gasteiger partial charge < -0.3 is 25.0 Å². The monoisotopic (exact) mass is 518 g/mol. The molecule has 1 unspecified atom stereocenters. The molecule has 0 bridgehead atoms. The van der Waals surface area contributed by atoms with Gasteiger partial charge in [-0.3, -0.25) is 9.79 Å². The number of amides is 1. The zero-order valence-corrected chi connectivity index (χ0v) is 20.3. The van der Waals surface area contributed by atoms with Gasteiger partial charge in [-0.2, -0.15) is 0 Å². The van der Waals surface area contributed by atoms with Crippen LogP contribution in [-0.2, 0) is 11.2 Å². The highest BCUT2D eigenvalue weighted by molar-refractivity contribution is 14.0. The van der Waals surface area contributed by atoms with Crippen molar-refractivity contribution in [3.8, 4) is 11.5 Å². The molecule has 7 nitrogen and oxygen atoms in total. The quantitative estimate of drug-likeness (QED) is 0.228. The average Bonchev–Trinajstić information content (AvgIpc) is 3.19. The normalized spacial score (nSPS) is 16.2. The van der Waals surface area contributed by atoms with E-state index in [4.69, 9.17) is 14.5 Å². The highest BCUT2D eigenvalue weighted by Gasteiger charge is 2.25. The van der Waals surface area contributed by atoms with E-state index in [0.717, 1.165) is 62.9 Å². The Balaban J connectivity index is 0.00000420. The van der Waals surface area contributed by atoms with E-state index in [-0.39, 0.29) is 35.9 Å². The number of nitrogens with zero attached hydrogens (tertiary/aromatic N) is 2. The van der Waals surface area contributed by atoms with Crippen LogP contribution in [0.3, 0.4) is 0 Å². The number of ether oxygens (including phenoxy) is 2. The predicted molar refractivity (Wildman–Crippen MR) is 128 cm³/mol. The lowest BCUT2D eigenvalue weighted by molar-refractivity contribution is -0.129. The standard InChI is InChI=1S/C21H34N4O3.HI/c1-5-20(26)25-13-11-17(15-25)24-21(22-6-2)23-12-7-8-16-9-10-18(27-3)19(14-16)28-4;/h9-10,14,17H,5-8,11-13,15H2,1-4H3,(H2,22,23,24);1H. The van der Waals surface area contributed by atoms with Crippen molar-refractivity contribution < 1.29 is 14.3 Å². The van der Waals surface area contributed by atoms with Crippen LogP contribution in [0.4, 0.5) is 0 Å². The zero-order chi connectivity index (χ0) is 20.4. The number of benzene rings is 1. The van der Waals surface area contributed by atoms with Crippen molar-refractivity contribution >= 4 is 35.8 Å². The van der Waals surface area contributed by atoms with Gasteiger partial charge >= 0.3 is 0 Å². The topological polar surface area (TPSA) is 75.2 Å². The first-order chi connectivity index (χ1) is 13.6. The number of likely N-dealkylation sites (tertiary alicyclic amines) is 1. The fourth-order valence-electron chi connectivity index (χ4n) is 3.35. The molecular weight excluding hydrogens is 483 g/mol. The van der Waals surface area contributed by atoms with Gasteiger partial charge in [0, 0.05) is 38.6 Å². The molecule has 164 valence electrons. The molecule has 1 aliphatic rings. The average molecular weight is 518 g/mol. The largest absolute Gasteiger partial charge is 0.493 e. The lowest BCUT2D eigenvalue weighted by atomic mass is 10.1. The second kappa shape index (κ2) is 13.5. The van der Waals surface area contributed by atoms with Crippen LogP contribution in [0.25, 0.3) is 0 Å². The fourth-order valence-corrected chi connectivity index (χ4v) is 3.35. The molecule has 2 rings (SSSR count). The Morgan fingerprint density at radius 3 is 2.66 bits per heavy atom. The number of rotatable bonds is 9. The molecule has 1 aromatic rings. The number of halogens is 1. The van der Waals surface area contributed by atoms with Gasteiger partial charge in [-0.05, 0) is 43.9 Å². The summed E-state index contributed by atoms with van der Waals surface area (Å²) in [5, 5.41) is 6.76. The smallest absolute Gasteiger partial charge is 0.222 e. The molecule has 2 N–H and O–H groups in total. The van der Waals surface area contributed by atoms with Crippen molar-refractivity contribution in [2.45, 2.75) is 45.6 Å². The molecule has 1 atom stereocenters. The number of aliphatic imine (C=N–C) groups is 1. The van der Waals surface area contributed by atoms with Crippen molar-refractivity contribution in [1.82, 2.24) is 15.5 Å². The SMILES string of the molecule is CCNC(=NCCCc1ccc(OC)c(OC)c1)NC1CCN(C(=O)CC)C1.I. The van der Waals surface area contributed by atoms with E-state index < -0.39 is 0 Å². The van der Waals surface area contributed by atoms with Gasteiger partial charge in [0.15, 0.2) is 17.5 Å². The Morgan fingerprint density at radius 2 is 2.00 bits per heavy atom. The second-order valence-corrected chi connectivity index (χ2v) is 6.88. The molecule has 1 aliphatic heterocycles. The van der Waals surface area contributed by atoms with Gasteiger partial charge in [0.2, 0.25) is 5.91 Å². The maximum atomic E-state index is 11.8. The van der Waals surface area contributed by atoms with Crippen LogP contribution in [0, 0.1) is 0 Å². The van der Waals surface area contributed by atoms with Crippen molar-refractivity contribution in [2.75, 3.05) is 40.4 Å². The van der Waals surface area contributed by atoms with Crippen LogP contribution in [0.5, 0.6) is 11.5 Å². The Morgan fingerprint density at radius 1 is 1.24 bits per heavy atom. The molecule has 0 aromatic heterocycles. The summed E-state index contributed by atoms with van der Waals surface area (Å²) in [5.41, 5.74) is 1.20. The molecule has 0 saturated carbocycles. The minimum absolute atomic E-state index is 0. The van der Waals surface area contributed by atoms with Crippen molar-refractivity contribution in [3.63, 3.8) is 0 Å². The molecule has 1 heterocycles. The van der Waals surface area contributed by atoms with Gasteiger partial charge in [-0.1, -0.05) is 13.0 Å². The van der Waals surface area contributed by atoms with Crippen molar-refractivity contribution in [1.29, 1.82) is 0 Å². The lowest BCUT2D eigenvalue weighted by Gasteiger charge is -2.18. The van der Waals surface area contributed by atoms with Gasteiger partial charge in [-0.15, -0.1) is 24.0 Å². The summed E-state index contributed by atoms with van der Waals surface area (Å²) >= 11 is 0. The van der Waals surface area contributed by atoms with Crippen molar-refractivity contribution in [3.05, 3.63) is 23.8 Å². The molecule has 29 heavy (non-hydrogen) atoms. The molecule has 1 saturated heterocycles. The molecule has 1 aromatic carbocycles. The summed E-state index contributed by atoms with van der Waals surface area (Å²) in [6, 6.07) is 6.28. The Bertz CT molecular complexity index is 669. The van der Waals surface area contributed by atoms with Crippen LogP contribution in [0.1, 0.15) is 38.7 Å². The van der Waals surface area contributed by atoms with Crippen LogP contribution < -0.4 is 20.1 Å². The van der Waals surface area contributed by atoms with Gasteiger partial charge in [0.25, 0.3) is 0 Å². The summed E-state index contributed by atoms with van der Waals surface area (Å²) in [7, 11) is 3.29. The van der Waals surface area contributed by atoms with E-state index >= 15 is 0 Å². The molecular formula is C21H35IN4O3. The first-order valence-corrected chi connectivity index (χ1v) is 10.1. The minimum atomic E-state index is 0. The third-order valence-corrected chi connectivity index (χ3v) is 4.87. The number of guanidine groups is 1. The highest BCUT2D eigenvalue weighted by atomic mass is 127. The Hall–Kier alpha value is -1.71. The number of carbonyl (C=O) groups is 1. The summed E-state index contributed by atoms with van der Waals surface area (Å²) in [5.74, 6) is 2.55. The van der Waals surface area contributed by atoms with E-state index in [1.807, 2.05) is 24.0 Å². The number of carbonyl (C=O) groups excluding carboxylic acids is 1. The van der Waals surface area contributed by atoms with Crippen LogP contribution in [0.15, 0.2) is 23.2 Å². The number of methoxy groups -OCH3 is 2. The number of hydrogen-bond donors (Lipinski definition) is 2. The number of aryl methyl sites for hydroxylation is 1. The molecule has 0 radical (unpaired) electrons. The van der Waals surface area contributed by atoms with Crippen LogP contribution in [-0.4, -0.2) is 63.2 Å². The first-order valence-electron chi connectivity index (χ1n) is 10.1. The van der Waals surface area contributed by atoms with Crippen LogP contribution >= 0.6 is 24.0 Å². The van der Waals surface area contributed by atoms with Gasteiger partial charge in [-0.25, -0.2) is 0 Å². The zero-order valence-electron chi connectivity index (χ0n) is 18.0. The fraction of sp³-hybridized carbons (Fsp3) is 0.619. The Kier molecular flexibility index (Phi) is 11.8.